The third kappa shape index (κ3) is 2.47. The predicted octanol–water partition coefficient (Wildman–Crippen LogP) is 1.81. The molecule has 2 aromatic rings. The number of anilines is 1. The number of likely N-dealkylation sites (tertiary alicyclic amines) is 1. The van der Waals surface area contributed by atoms with E-state index in [2.05, 4.69) is 4.98 Å². The lowest BCUT2D eigenvalue weighted by molar-refractivity contribution is -0.151. The summed E-state index contributed by atoms with van der Waals surface area (Å²) in [6, 6.07) is 11.1. The first-order chi connectivity index (χ1) is 13.2. The third-order valence-corrected chi connectivity index (χ3v) is 6.02. The number of benzene rings is 1. The molecule has 138 valence electrons. The fraction of sp³-hybridized carbons (Fsp3) is 0.381. The maximum absolute atomic E-state index is 13.1. The minimum atomic E-state index is -0.195. The molecule has 3 heterocycles. The Morgan fingerprint density at radius 2 is 1.96 bits per heavy atom. The van der Waals surface area contributed by atoms with Crippen LogP contribution in [0.15, 0.2) is 48.8 Å². The van der Waals surface area contributed by atoms with Crippen molar-refractivity contribution in [2.75, 3.05) is 18.1 Å². The van der Waals surface area contributed by atoms with Gasteiger partial charge in [0.25, 0.3) is 5.91 Å². The van der Waals surface area contributed by atoms with Gasteiger partial charge in [-0.25, -0.2) is 0 Å². The molecule has 6 heteroatoms. The molecule has 3 atom stereocenters. The van der Waals surface area contributed by atoms with Crippen molar-refractivity contribution < 1.29 is 14.7 Å². The molecule has 27 heavy (non-hydrogen) atoms. The van der Waals surface area contributed by atoms with Gasteiger partial charge in [0.1, 0.15) is 0 Å². The summed E-state index contributed by atoms with van der Waals surface area (Å²) in [5.74, 6) is 0.190. The van der Waals surface area contributed by atoms with Crippen molar-refractivity contribution in [2.45, 2.75) is 30.8 Å². The third-order valence-electron chi connectivity index (χ3n) is 6.02. The molecule has 1 aromatic carbocycles. The summed E-state index contributed by atoms with van der Waals surface area (Å²) in [6.07, 6.45) is 5.08. The van der Waals surface area contributed by atoms with Crippen LogP contribution in [-0.4, -0.2) is 52.0 Å². The van der Waals surface area contributed by atoms with Gasteiger partial charge in [0, 0.05) is 36.5 Å². The normalized spacial score (nSPS) is 26.0. The first kappa shape index (κ1) is 16.4. The average molecular weight is 363 g/mol. The lowest BCUT2D eigenvalue weighted by atomic mass is 9.71. The van der Waals surface area contributed by atoms with E-state index in [1.807, 2.05) is 29.2 Å². The van der Waals surface area contributed by atoms with Gasteiger partial charge in [-0.2, -0.15) is 0 Å². The Kier molecular flexibility index (Phi) is 3.75. The molecular formula is C21H21N3O3. The number of carbonyl (C=O) groups is 2. The summed E-state index contributed by atoms with van der Waals surface area (Å²) >= 11 is 0. The van der Waals surface area contributed by atoms with Crippen molar-refractivity contribution >= 4 is 17.5 Å². The SMILES string of the molecule is O=C(c1cccnc1)N1C[C@H]2[C@@H](c3ccccc31)[C@H](CO)N2C(=O)C1CC1. The highest BCUT2D eigenvalue weighted by atomic mass is 16.3. The zero-order valence-electron chi connectivity index (χ0n) is 14.9. The fourth-order valence-electron chi connectivity index (χ4n) is 4.57. The van der Waals surface area contributed by atoms with E-state index in [0.717, 1.165) is 24.1 Å². The van der Waals surface area contributed by atoms with E-state index in [1.54, 1.807) is 29.4 Å². The van der Waals surface area contributed by atoms with E-state index in [9.17, 15) is 14.7 Å². The molecule has 1 aliphatic carbocycles. The van der Waals surface area contributed by atoms with Crippen LogP contribution in [0.2, 0.25) is 0 Å². The van der Waals surface area contributed by atoms with Crippen LogP contribution in [-0.2, 0) is 4.79 Å². The van der Waals surface area contributed by atoms with Gasteiger partial charge < -0.3 is 14.9 Å². The number of aliphatic hydroxyl groups excluding tert-OH is 1. The van der Waals surface area contributed by atoms with E-state index in [1.165, 1.54) is 0 Å². The summed E-state index contributed by atoms with van der Waals surface area (Å²) in [6.45, 7) is 0.398. The highest BCUT2D eigenvalue weighted by Crippen LogP contribution is 2.50. The standard InChI is InChI=1S/C21H21N3O3/c25-12-18-19-15-5-1-2-6-16(15)23(20(26)14-4-3-9-22-10-14)11-17(19)24(18)21(27)13-7-8-13/h1-6,9-10,13,17-19,25H,7-8,11-12H2/t17-,18-,19+/m0/s1. The number of hydrogen-bond donors (Lipinski definition) is 1. The van der Waals surface area contributed by atoms with Crippen LogP contribution < -0.4 is 4.90 Å². The number of aromatic nitrogens is 1. The highest BCUT2D eigenvalue weighted by Gasteiger charge is 2.56. The van der Waals surface area contributed by atoms with Crippen molar-refractivity contribution in [3.63, 3.8) is 0 Å². The molecule has 1 saturated carbocycles. The van der Waals surface area contributed by atoms with Crippen molar-refractivity contribution in [3.8, 4) is 0 Å². The topological polar surface area (TPSA) is 73.7 Å². The van der Waals surface area contributed by atoms with Gasteiger partial charge in [0.05, 0.1) is 24.3 Å². The van der Waals surface area contributed by atoms with E-state index < -0.39 is 0 Å². The molecule has 6 nitrogen and oxygen atoms in total. The second-order valence-corrected chi connectivity index (χ2v) is 7.58. The molecule has 2 fully saturated rings. The molecule has 0 radical (unpaired) electrons. The van der Waals surface area contributed by atoms with Crippen molar-refractivity contribution in [2.24, 2.45) is 5.92 Å². The van der Waals surface area contributed by atoms with Gasteiger partial charge in [-0.15, -0.1) is 0 Å². The molecule has 0 unspecified atom stereocenters. The van der Waals surface area contributed by atoms with Gasteiger partial charge >= 0.3 is 0 Å². The fourth-order valence-corrected chi connectivity index (χ4v) is 4.57. The highest BCUT2D eigenvalue weighted by molar-refractivity contribution is 6.07. The van der Waals surface area contributed by atoms with Gasteiger partial charge in [0.2, 0.25) is 5.91 Å². The van der Waals surface area contributed by atoms with Gasteiger partial charge in [-0.05, 0) is 36.6 Å². The van der Waals surface area contributed by atoms with Crippen LogP contribution in [0.25, 0.3) is 0 Å². The molecule has 0 bridgehead atoms. The zero-order chi connectivity index (χ0) is 18.5. The Balaban J connectivity index is 1.53. The van der Waals surface area contributed by atoms with Crippen LogP contribution in [0.5, 0.6) is 0 Å². The molecule has 1 N–H and O–H groups in total. The summed E-state index contributed by atoms with van der Waals surface area (Å²) in [5.41, 5.74) is 2.43. The van der Waals surface area contributed by atoms with Crippen LogP contribution in [0.3, 0.4) is 0 Å². The van der Waals surface area contributed by atoms with Crippen LogP contribution >= 0.6 is 0 Å². The molecule has 5 rings (SSSR count). The van der Waals surface area contributed by atoms with Crippen LogP contribution in [0.1, 0.15) is 34.7 Å². The summed E-state index contributed by atoms with van der Waals surface area (Å²) in [5, 5.41) is 9.94. The van der Waals surface area contributed by atoms with E-state index in [-0.39, 0.29) is 42.3 Å². The Morgan fingerprint density at radius 3 is 2.67 bits per heavy atom. The second-order valence-electron chi connectivity index (χ2n) is 7.58. The molecule has 3 aliphatic rings. The number of aliphatic hydroxyl groups is 1. The first-order valence-electron chi connectivity index (χ1n) is 9.44. The Hall–Kier alpha value is -2.73. The number of rotatable bonds is 3. The molecular weight excluding hydrogens is 342 g/mol. The van der Waals surface area contributed by atoms with Gasteiger partial charge in [0.15, 0.2) is 0 Å². The molecule has 1 aromatic heterocycles. The van der Waals surface area contributed by atoms with Gasteiger partial charge in [-0.3, -0.25) is 14.6 Å². The Bertz CT molecular complexity index is 897. The zero-order valence-corrected chi connectivity index (χ0v) is 14.9. The number of nitrogens with zero attached hydrogens (tertiary/aromatic N) is 3. The summed E-state index contributed by atoms with van der Waals surface area (Å²) in [7, 11) is 0. The molecule has 2 aliphatic heterocycles. The van der Waals surface area contributed by atoms with Crippen LogP contribution in [0.4, 0.5) is 5.69 Å². The average Bonchev–Trinajstić information content (AvgIpc) is 3.54. The lowest BCUT2D eigenvalue weighted by Crippen LogP contribution is -2.71. The van der Waals surface area contributed by atoms with Crippen molar-refractivity contribution in [1.29, 1.82) is 0 Å². The van der Waals surface area contributed by atoms with E-state index >= 15 is 0 Å². The number of amides is 2. The number of hydrogen-bond acceptors (Lipinski definition) is 4. The maximum Gasteiger partial charge on any atom is 0.259 e. The summed E-state index contributed by atoms with van der Waals surface area (Å²) < 4.78 is 0. The smallest absolute Gasteiger partial charge is 0.259 e. The van der Waals surface area contributed by atoms with E-state index in [0.29, 0.717) is 12.1 Å². The lowest BCUT2D eigenvalue weighted by Gasteiger charge is -2.59. The molecule has 0 spiro atoms. The summed E-state index contributed by atoms with van der Waals surface area (Å²) in [4.78, 5) is 33.6. The number of pyridine rings is 1. The predicted molar refractivity (Wildman–Crippen MR) is 99.3 cm³/mol. The monoisotopic (exact) mass is 363 g/mol. The van der Waals surface area contributed by atoms with Crippen molar-refractivity contribution in [1.82, 2.24) is 9.88 Å². The largest absolute Gasteiger partial charge is 0.394 e. The van der Waals surface area contributed by atoms with Crippen LogP contribution in [0, 0.1) is 5.92 Å². The number of carbonyl (C=O) groups excluding carboxylic acids is 2. The van der Waals surface area contributed by atoms with E-state index in [4.69, 9.17) is 0 Å². The maximum atomic E-state index is 13.1. The number of para-hydroxylation sites is 1. The Labute approximate surface area is 157 Å². The van der Waals surface area contributed by atoms with Crippen molar-refractivity contribution in [3.05, 3.63) is 59.9 Å². The molecule has 2 amide bonds. The minimum Gasteiger partial charge on any atom is -0.394 e. The quantitative estimate of drug-likeness (QED) is 0.903. The number of fused-ring (bicyclic) bond motifs is 3. The Morgan fingerprint density at radius 1 is 1.15 bits per heavy atom. The molecule has 1 saturated heterocycles. The van der Waals surface area contributed by atoms with Gasteiger partial charge in [-0.1, -0.05) is 18.2 Å². The first-order valence-corrected chi connectivity index (χ1v) is 9.44. The second kappa shape index (κ2) is 6.16. The minimum absolute atomic E-state index is 0.0511.